The highest BCUT2D eigenvalue weighted by molar-refractivity contribution is 7.89. The number of para-hydroxylation sites is 1. The molecule has 4 rings (SSSR count). The molecule has 7 nitrogen and oxygen atoms in total. The van der Waals surface area contributed by atoms with E-state index in [4.69, 9.17) is 4.74 Å². The van der Waals surface area contributed by atoms with E-state index < -0.39 is 15.9 Å². The molecule has 8 heteroatoms. The number of aromatic nitrogens is 2. The quantitative estimate of drug-likeness (QED) is 0.754. The molecule has 138 valence electrons. The topological polar surface area (TPSA) is 82.3 Å². The molecule has 1 aromatic carbocycles. The summed E-state index contributed by atoms with van der Waals surface area (Å²) in [6.07, 6.45) is 3.00. The molecule has 3 heterocycles. The molecule has 0 bridgehead atoms. The van der Waals surface area contributed by atoms with Crippen molar-refractivity contribution in [1.29, 1.82) is 0 Å². The number of benzene rings is 1. The van der Waals surface area contributed by atoms with Crippen LogP contribution in [0.4, 0.5) is 0 Å². The van der Waals surface area contributed by atoms with Crippen molar-refractivity contribution in [3.63, 3.8) is 0 Å². The molecule has 1 N–H and O–H groups in total. The summed E-state index contributed by atoms with van der Waals surface area (Å²) < 4.78 is 33.6. The molecule has 1 aliphatic rings. The summed E-state index contributed by atoms with van der Waals surface area (Å²) >= 11 is 0. The summed E-state index contributed by atoms with van der Waals surface area (Å²) in [5, 5.41) is 3.61. The van der Waals surface area contributed by atoms with Gasteiger partial charge in [-0.1, -0.05) is 18.2 Å². The lowest BCUT2D eigenvalue weighted by atomic mass is 10.2. The number of rotatable bonds is 4. The normalized spacial score (nSPS) is 18.0. The number of aryl methyl sites for hydroxylation is 1. The van der Waals surface area contributed by atoms with Crippen molar-refractivity contribution in [3.05, 3.63) is 36.0 Å². The van der Waals surface area contributed by atoms with Crippen LogP contribution < -0.4 is 5.32 Å². The number of hydrogen-bond acceptors (Lipinski definition) is 4. The first-order valence-electron chi connectivity index (χ1n) is 8.57. The molecule has 0 aliphatic carbocycles. The standard InChI is InChI=1S/C18H21N3O4S/c1-20-14-8-4-3-7-13(14)17-15(20)10-16(21(17)26(2,23)24)18(22)19-11-12-6-5-9-25-12/h3-4,7-8,10,12H,5-6,9,11H2,1-2H3,(H,19,22)/t12-/m0/s1. The van der Waals surface area contributed by atoms with Gasteiger partial charge in [-0.3, -0.25) is 4.79 Å². The number of ether oxygens (including phenoxy) is 1. The minimum atomic E-state index is -3.67. The van der Waals surface area contributed by atoms with Crippen LogP contribution in [0.1, 0.15) is 23.3 Å². The predicted molar refractivity (Wildman–Crippen MR) is 100.0 cm³/mol. The van der Waals surface area contributed by atoms with Crippen LogP contribution >= 0.6 is 0 Å². The Bertz CT molecular complexity index is 1100. The fourth-order valence-corrected chi connectivity index (χ4v) is 4.70. The minimum absolute atomic E-state index is 0.00385. The van der Waals surface area contributed by atoms with Gasteiger partial charge in [-0.25, -0.2) is 12.4 Å². The van der Waals surface area contributed by atoms with Gasteiger partial charge in [0.15, 0.2) is 0 Å². The molecule has 3 aromatic rings. The van der Waals surface area contributed by atoms with Crippen LogP contribution in [-0.2, 0) is 21.8 Å². The van der Waals surface area contributed by atoms with Crippen molar-refractivity contribution in [1.82, 2.24) is 13.9 Å². The van der Waals surface area contributed by atoms with Crippen LogP contribution in [0.3, 0.4) is 0 Å². The molecular formula is C18H21N3O4S. The number of carbonyl (C=O) groups is 1. The molecule has 1 atom stereocenters. The van der Waals surface area contributed by atoms with Crippen LogP contribution in [-0.4, -0.2) is 48.4 Å². The van der Waals surface area contributed by atoms with Crippen molar-refractivity contribution < 1.29 is 17.9 Å². The van der Waals surface area contributed by atoms with Crippen molar-refractivity contribution in [2.75, 3.05) is 19.4 Å². The van der Waals surface area contributed by atoms with Crippen LogP contribution in [0.15, 0.2) is 30.3 Å². The molecule has 1 fully saturated rings. The zero-order valence-electron chi connectivity index (χ0n) is 14.7. The molecule has 26 heavy (non-hydrogen) atoms. The van der Waals surface area contributed by atoms with Crippen molar-refractivity contribution in [3.8, 4) is 0 Å². The molecule has 0 spiro atoms. The number of nitrogens with zero attached hydrogens (tertiary/aromatic N) is 2. The predicted octanol–water partition coefficient (Wildman–Crippen LogP) is 1.85. The van der Waals surface area contributed by atoms with E-state index in [1.54, 1.807) is 6.07 Å². The summed E-state index contributed by atoms with van der Waals surface area (Å²) in [5.41, 5.74) is 2.28. The van der Waals surface area contributed by atoms with Crippen LogP contribution in [0.5, 0.6) is 0 Å². The van der Waals surface area contributed by atoms with Crippen LogP contribution in [0.25, 0.3) is 21.9 Å². The number of hydrogen-bond donors (Lipinski definition) is 1. The van der Waals surface area contributed by atoms with Gasteiger partial charge in [0.05, 0.1) is 28.9 Å². The van der Waals surface area contributed by atoms with E-state index in [1.807, 2.05) is 35.9 Å². The second-order valence-corrected chi connectivity index (χ2v) is 8.54. The first-order valence-corrected chi connectivity index (χ1v) is 10.4. The van der Waals surface area contributed by atoms with Crippen LogP contribution in [0.2, 0.25) is 0 Å². The van der Waals surface area contributed by atoms with E-state index >= 15 is 0 Å². The SMILES string of the molecule is Cn1c2ccccc2c2c1cc(C(=O)NC[C@@H]1CCCO1)n2S(C)(=O)=O. The third-order valence-corrected chi connectivity index (χ3v) is 5.94. The van der Waals surface area contributed by atoms with Gasteiger partial charge in [0.2, 0.25) is 10.0 Å². The molecular weight excluding hydrogens is 354 g/mol. The Balaban J connectivity index is 1.84. The number of amides is 1. The van der Waals surface area contributed by atoms with Gasteiger partial charge >= 0.3 is 0 Å². The van der Waals surface area contributed by atoms with E-state index in [0.717, 1.165) is 34.0 Å². The third kappa shape index (κ3) is 2.69. The highest BCUT2D eigenvalue weighted by Crippen LogP contribution is 2.32. The number of carbonyl (C=O) groups excluding carboxylic acids is 1. The molecule has 2 aromatic heterocycles. The molecule has 0 saturated carbocycles. The molecule has 1 amide bonds. The Kier molecular flexibility index (Phi) is 4.04. The Morgan fingerprint density at radius 1 is 1.31 bits per heavy atom. The maximum atomic E-state index is 12.7. The first-order chi connectivity index (χ1) is 12.4. The minimum Gasteiger partial charge on any atom is -0.376 e. The van der Waals surface area contributed by atoms with Gasteiger partial charge in [-0.2, -0.15) is 0 Å². The van der Waals surface area contributed by atoms with E-state index in [9.17, 15) is 13.2 Å². The summed E-state index contributed by atoms with van der Waals surface area (Å²) in [7, 11) is -1.80. The second-order valence-electron chi connectivity index (χ2n) is 6.71. The Morgan fingerprint density at radius 3 is 2.77 bits per heavy atom. The van der Waals surface area contributed by atoms with E-state index in [-0.39, 0.29) is 11.8 Å². The van der Waals surface area contributed by atoms with Crippen molar-refractivity contribution in [2.24, 2.45) is 7.05 Å². The first kappa shape index (κ1) is 17.1. The zero-order valence-corrected chi connectivity index (χ0v) is 15.5. The lowest BCUT2D eigenvalue weighted by Crippen LogP contribution is -2.33. The summed E-state index contributed by atoms with van der Waals surface area (Å²) in [6.45, 7) is 1.08. The Labute approximate surface area is 151 Å². The van der Waals surface area contributed by atoms with E-state index in [0.29, 0.717) is 24.2 Å². The second kappa shape index (κ2) is 6.14. The Hall–Kier alpha value is -2.32. The summed E-state index contributed by atoms with van der Waals surface area (Å²) in [5.74, 6) is -0.411. The van der Waals surface area contributed by atoms with Gasteiger partial charge in [-0.15, -0.1) is 0 Å². The molecule has 0 radical (unpaired) electrons. The summed E-state index contributed by atoms with van der Waals surface area (Å²) in [4.78, 5) is 12.7. The number of nitrogens with one attached hydrogen (secondary N) is 1. The lowest BCUT2D eigenvalue weighted by Gasteiger charge is -2.12. The van der Waals surface area contributed by atoms with E-state index in [2.05, 4.69) is 5.32 Å². The number of fused-ring (bicyclic) bond motifs is 3. The van der Waals surface area contributed by atoms with Gasteiger partial charge in [0, 0.05) is 25.6 Å². The highest BCUT2D eigenvalue weighted by Gasteiger charge is 2.26. The molecule has 0 unspecified atom stereocenters. The summed E-state index contributed by atoms with van der Waals surface area (Å²) in [6, 6.07) is 9.20. The lowest BCUT2D eigenvalue weighted by molar-refractivity contribution is 0.0853. The average Bonchev–Trinajstić information content (AvgIpc) is 3.30. The van der Waals surface area contributed by atoms with Gasteiger partial charge < -0.3 is 14.6 Å². The zero-order chi connectivity index (χ0) is 18.5. The molecule has 1 saturated heterocycles. The molecule has 1 aliphatic heterocycles. The van der Waals surface area contributed by atoms with Gasteiger partial charge in [-0.05, 0) is 25.0 Å². The fraction of sp³-hybridized carbons (Fsp3) is 0.389. The van der Waals surface area contributed by atoms with Crippen molar-refractivity contribution >= 4 is 37.9 Å². The average molecular weight is 375 g/mol. The smallest absolute Gasteiger partial charge is 0.269 e. The maximum Gasteiger partial charge on any atom is 0.269 e. The highest BCUT2D eigenvalue weighted by atomic mass is 32.2. The third-order valence-electron chi connectivity index (χ3n) is 4.90. The maximum absolute atomic E-state index is 12.7. The van der Waals surface area contributed by atoms with Crippen molar-refractivity contribution in [2.45, 2.75) is 18.9 Å². The monoisotopic (exact) mass is 375 g/mol. The largest absolute Gasteiger partial charge is 0.376 e. The Morgan fingerprint density at radius 2 is 2.08 bits per heavy atom. The van der Waals surface area contributed by atoms with Gasteiger partial charge in [0.1, 0.15) is 5.69 Å². The van der Waals surface area contributed by atoms with E-state index in [1.165, 1.54) is 0 Å². The fourth-order valence-electron chi connectivity index (χ4n) is 3.68. The van der Waals surface area contributed by atoms with Gasteiger partial charge in [0.25, 0.3) is 5.91 Å². The van der Waals surface area contributed by atoms with Crippen LogP contribution in [0, 0.1) is 0 Å².